The average Bonchev–Trinajstić information content (AvgIpc) is 2.73. The topological polar surface area (TPSA) is 100 Å². The van der Waals surface area contributed by atoms with Gasteiger partial charge in [0.1, 0.15) is 12.1 Å². The molecular formula is C19H17Cl2N7O2. The third-order valence-corrected chi connectivity index (χ3v) is 5.10. The summed E-state index contributed by atoms with van der Waals surface area (Å²) < 4.78 is 0. The Labute approximate surface area is 182 Å². The fourth-order valence-electron chi connectivity index (χ4n) is 3.31. The molecule has 1 N–H and O–H groups in total. The Bertz CT molecular complexity index is 1040. The van der Waals surface area contributed by atoms with Crippen LogP contribution in [0.15, 0.2) is 48.9 Å². The van der Waals surface area contributed by atoms with Crippen molar-refractivity contribution in [1.82, 2.24) is 15.0 Å². The minimum Gasteiger partial charge on any atom is -0.353 e. The van der Waals surface area contributed by atoms with Crippen molar-refractivity contribution < 1.29 is 4.92 Å². The number of piperazine rings is 1. The van der Waals surface area contributed by atoms with Crippen LogP contribution in [0.25, 0.3) is 0 Å². The van der Waals surface area contributed by atoms with Gasteiger partial charge in [0.15, 0.2) is 0 Å². The van der Waals surface area contributed by atoms with E-state index in [1.807, 2.05) is 23.1 Å². The second-order valence-electron chi connectivity index (χ2n) is 6.60. The van der Waals surface area contributed by atoms with Gasteiger partial charge in [0.2, 0.25) is 11.6 Å². The summed E-state index contributed by atoms with van der Waals surface area (Å²) >= 11 is 12.1. The summed E-state index contributed by atoms with van der Waals surface area (Å²) in [5.74, 6) is 1.23. The number of benzene rings is 1. The lowest BCUT2D eigenvalue weighted by Gasteiger charge is -2.35. The minimum atomic E-state index is -0.477. The van der Waals surface area contributed by atoms with E-state index in [-0.39, 0.29) is 17.3 Å². The van der Waals surface area contributed by atoms with Gasteiger partial charge in [-0.25, -0.2) is 15.0 Å². The molecule has 1 aromatic carbocycles. The fourth-order valence-corrected chi connectivity index (χ4v) is 3.84. The molecule has 0 atom stereocenters. The van der Waals surface area contributed by atoms with Crippen molar-refractivity contribution in [3.05, 3.63) is 69.1 Å². The maximum atomic E-state index is 11.9. The molecule has 3 aromatic rings. The van der Waals surface area contributed by atoms with E-state index in [1.165, 1.54) is 6.33 Å². The first-order valence-electron chi connectivity index (χ1n) is 9.14. The molecule has 9 nitrogen and oxygen atoms in total. The van der Waals surface area contributed by atoms with Crippen molar-refractivity contribution in [2.24, 2.45) is 0 Å². The van der Waals surface area contributed by atoms with E-state index < -0.39 is 4.92 Å². The predicted molar refractivity (Wildman–Crippen MR) is 117 cm³/mol. The Hall–Kier alpha value is -3.17. The molecule has 0 bridgehead atoms. The van der Waals surface area contributed by atoms with Crippen LogP contribution in [0, 0.1) is 10.1 Å². The number of nitrogens with one attached hydrogen (secondary N) is 1. The van der Waals surface area contributed by atoms with Gasteiger partial charge in [-0.3, -0.25) is 10.1 Å². The molecule has 11 heteroatoms. The van der Waals surface area contributed by atoms with Crippen molar-refractivity contribution in [1.29, 1.82) is 0 Å². The Morgan fingerprint density at radius 2 is 1.67 bits per heavy atom. The molecule has 1 fully saturated rings. The van der Waals surface area contributed by atoms with Crippen LogP contribution in [-0.2, 0) is 0 Å². The third kappa shape index (κ3) is 4.37. The third-order valence-electron chi connectivity index (χ3n) is 4.66. The lowest BCUT2D eigenvalue weighted by Crippen LogP contribution is -2.47. The number of aromatic nitrogens is 3. The van der Waals surface area contributed by atoms with Crippen LogP contribution in [0.2, 0.25) is 10.0 Å². The van der Waals surface area contributed by atoms with Crippen LogP contribution >= 0.6 is 23.2 Å². The van der Waals surface area contributed by atoms with Crippen molar-refractivity contribution in [3.63, 3.8) is 0 Å². The largest absolute Gasteiger partial charge is 0.353 e. The molecule has 30 heavy (non-hydrogen) atoms. The van der Waals surface area contributed by atoms with Gasteiger partial charge < -0.3 is 15.1 Å². The number of anilines is 4. The zero-order valence-electron chi connectivity index (χ0n) is 15.7. The van der Waals surface area contributed by atoms with E-state index in [0.717, 1.165) is 5.82 Å². The Morgan fingerprint density at radius 3 is 2.30 bits per heavy atom. The summed E-state index contributed by atoms with van der Waals surface area (Å²) in [5.41, 5.74) is 0.306. The number of nitro groups is 1. The number of rotatable bonds is 5. The van der Waals surface area contributed by atoms with Gasteiger partial charge in [-0.2, -0.15) is 0 Å². The highest BCUT2D eigenvalue weighted by Crippen LogP contribution is 2.35. The van der Waals surface area contributed by atoms with Crippen LogP contribution in [0.4, 0.5) is 28.8 Å². The molecule has 2 aromatic heterocycles. The van der Waals surface area contributed by atoms with Crippen molar-refractivity contribution in [2.75, 3.05) is 41.3 Å². The van der Waals surface area contributed by atoms with Crippen LogP contribution in [0.3, 0.4) is 0 Å². The SMILES string of the molecule is O=[N+]([O-])c1c(Nc2cc(Cl)cc(Cl)c2)ncnc1N1CCN(c2ccccn2)CC1. The molecule has 154 valence electrons. The zero-order valence-corrected chi connectivity index (χ0v) is 17.2. The van der Waals surface area contributed by atoms with Gasteiger partial charge in [0, 0.05) is 48.1 Å². The first-order chi connectivity index (χ1) is 14.5. The molecule has 0 amide bonds. The van der Waals surface area contributed by atoms with Crippen LogP contribution in [0.5, 0.6) is 0 Å². The van der Waals surface area contributed by atoms with Crippen molar-refractivity contribution >= 4 is 52.0 Å². The van der Waals surface area contributed by atoms with Crippen molar-refractivity contribution in [3.8, 4) is 0 Å². The van der Waals surface area contributed by atoms with Gasteiger partial charge in [-0.05, 0) is 30.3 Å². The smallest absolute Gasteiger partial charge is 0.353 e. The Balaban J connectivity index is 1.58. The highest BCUT2D eigenvalue weighted by molar-refractivity contribution is 6.35. The van der Waals surface area contributed by atoms with E-state index in [1.54, 1.807) is 24.4 Å². The highest BCUT2D eigenvalue weighted by Gasteiger charge is 2.29. The van der Waals surface area contributed by atoms with Crippen LogP contribution in [0.1, 0.15) is 0 Å². The quantitative estimate of drug-likeness (QED) is 0.461. The fraction of sp³-hybridized carbons (Fsp3) is 0.211. The minimum absolute atomic E-state index is 0.0792. The number of hydrogen-bond acceptors (Lipinski definition) is 8. The van der Waals surface area contributed by atoms with E-state index in [4.69, 9.17) is 23.2 Å². The van der Waals surface area contributed by atoms with Gasteiger partial charge >= 0.3 is 5.69 Å². The second-order valence-corrected chi connectivity index (χ2v) is 7.47. The summed E-state index contributed by atoms with van der Waals surface area (Å²) in [7, 11) is 0. The number of hydrogen-bond donors (Lipinski definition) is 1. The monoisotopic (exact) mass is 445 g/mol. The summed E-state index contributed by atoms with van der Waals surface area (Å²) in [6.07, 6.45) is 3.05. The molecule has 1 saturated heterocycles. The summed E-state index contributed by atoms with van der Waals surface area (Å²) in [6, 6.07) is 10.6. The number of halogens is 2. The normalized spacial score (nSPS) is 13.9. The Kier molecular flexibility index (Phi) is 5.82. The van der Waals surface area contributed by atoms with Gasteiger partial charge in [-0.15, -0.1) is 0 Å². The van der Waals surface area contributed by atoms with Crippen molar-refractivity contribution in [2.45, 2.75) is 0 Å². The summed E-state index contributed by atoms with van der Waals surface area (Å²) in [5, 5.41) is 15.6. The summed E-state index contributed by atoms with van der Waals surface area (Å²) in [4.78, 5) is 28.1. The standard InChI is InChI=1S/C19H17Cl2N7O2/c20-13-9-14(21)11-15(10-13)25-18-17(28(29)30)19(24-12-23-18)27-7-5-26(6-8-27)16-3-1-2-4-22-16/h1-4,9-12H,5-8H2,(H,23,24,25). The van der Waals surface area contributed by atoms with E-state index in [9.17, 15) is 10.1 Å². The maximum Gasteiger partial charge on any atom is 0.353 e. The molecule has 0 aliphatic carbocycles. The predicted octanol–water partition coefficient (Wildman–Crippen LogP) is 4.16. The highest BCUT2D eigenvalue weighted by atomic mass is 35.5. The lowest BCUT2D eigenvalue weighted by molar-refractivity contribution is -0.383. The molecule has 0 saturated carbocycles. The molecule has 3 heterocycles. The first-order valence-corrected chi connectivity index (χ1v) is 9.90. The zero-order chi connectivity index (χ0) is 21.1. The maximum absolute atomic E-state index is 11.9. The van der Waals surface area contributed by atoms with Gasteiger partial charge in [0.25, 0.3) is 0 Å². The van der Waals surface area contributed by atoms with Gasteiger partial charge in [0.05, 0.1) is 4.92 Å². The van der Waals surface area contributed by atoms with Crippen LogP contribution in [-0.4, -0.2) is 46.1 Å². The Morgan fingerprint density at radius 1 is 0.967 bits per heavy atom. The molecule has 0 spiro atoms. The number of nitrogens with zero attached hydrogens (tertiary/aromatic N) is 6. The van der Waals surface area contributed by atoms with E-state index in [0.29, 0.717) is 41.9 Å². The first kappa shape index (κ1) is 20.1. The average molecular weight is 446 g/mol. The molecule has 1 aliphatic rings. The molecular weight excluding hydrogens is 429 g/mol. The van der Waals surface area contributed by atoms with E-state index >= 15 is 0 Å². The molecule has 0 unspecified atom stereocenters. The van der Waals surface area contributed by atoms with Gasteiger partial charge in [-0.1, -0.05) is 29.3 Å². The number of pyridine rings is 1. The molecule has 0 radical (unpaired) electrons. The molecule has 4 rings (SSSR count). The lowest BCUT2D eigenvalue weighted by atomic mass is 10.2. The van der Waals surface area contributed by atoms with E-state index in [2.05, 4.69) is 25.2 Å². The van der Waals surface area contributed by atoms with Crippen LogP contribution < -0.4 is 15.1 Å². The second kappa shape index (κ2) is 8.68. The summed E-state index contributed by atoms with van der Waals surface area (Å²) in [6.45, 7) is 2.48. The molecule has 1 aliphatic heterocycles.